The van der Waals surface area contributed by atoms with Crippen LogP contribution in [-0.4, -0.2) is 9.97 Å². The Morgan fingerprint density at radius 2 is 1.53 bits per heavy atom. The van der Waals surface area contributed by atoms with E-state index in [2.05, 4.69) is 15.3 Å². The van der Waals surface area contributed by atoms with Crippen LogP contribution in [0.3, 0.4) is 0 Å². The number of hydrogen-bond acceptors (Lipinski definition) is 3. The fourth-order valence-electron chi connectivity index (χ4n) is 1.90. The van der Waals surface area contributed by atoms with Gasteiger partial charge in [-0.1, -0.05) is 35.9 Å². The van der Waals surface area contributed by atoms with Gasteiger partial charge in [0, 0.05) is 0 Å². The summed E-state index contributed by atoms with van der Waals surface area (Å²) in [5.41, 5.74) is 3.43. The molecule has 3 aromatic rings. The van der Waals surface area contributed by atoms with Crippen molar-refractivity contribution >= 4 is 34.1 Å². The molecule has 1 N–H and O–H groups in total. The Labute approximate surface area is 116 Å². The van der Waals surface area contributed by atoms with E-state index in [9.17, 15) is 0 Å². The lowest BCUT2D eigenvalue weighted by molar-refractivity contribution is 1.18. The first-order valence-electron chi connectivity index (χ1n) is 5.99. The van der Waals surface area contributed by atoms with Crippen LogP contribution in [0.1, 0.15) is 5.69 Å². The number of aryl methyl sites for hydroxylation is 1. The lowest BCUT2D eigenvalue weighted by Crippen LogP contribution is -1.99. The van der Waals surface area contributed by atoms with E-state index in [1.807, 2.05) is 55.5 Å². The third-order valence-corrected chi connectivity index (χ3v) is 3.20. The van der Waals surface area contributed by atoms with Gasteiger partial charge >= 0.3 is 0 Å². The number of benzene rings is 2. The number of halogens is 1. The highest BCUT2D eigenvalue weighted by atomic mass is 35.5. The molecule has 0 fully saturated rings. The molecule has 1 heterocycles. The molecule has 2 aromatic carbocycles. The van der Waals surface area contributed by atoms with E-state index in [-0.39, 0.29) is 0 Å². The van der Waals surface area contributed by atoms with Crippen LogP contribution in [-0.2, 0) is 0 Å². The second-order valence-electron chi connectivity index (χ2n) is 4.25. The maximum absolute atomic E-state index is 6.13. The molecule has 0 amide bonds. The molecular weight excluding hydrogens is 258 g/mol. The van der Waals surface area contributed by atoms with Crippen molar-refractivity contribution in [1.82, 2.24) is 9.97 Å². The standard InChI is InChI=1S/C15H12ClN3/c1-10-15(18-12-7-3-2-6-11(12)16)19-14-9-5-4-8-13(14)17-10/h2-9H,1H3,(H,18,19). The summed E-state index contributed by atoms with van der Waals surface area (Å²) in [6.07, 6.45) is 0. The van der Waals surface area contributed by atoms with Crippen LogP contribution in [0, 0.1) is 6.92 Å². The first kappa shape index (κ1) is 11.9. The summed E-state index contributed by atoms with van der Waals surface area (Å²) in [6.45, 7) is 1.93. The van der Waals surface area contributed by atoms with Crippen molar-refractivity contribution in [2.24, 2.45) is 0 Å². The number of anilines is 2. The number of hydrogen-bond donors (Lipinski definition) is 1. The Balaban J connectivity index is 2.06. The van der Waals surface area contributed by atoms with Gasteiger partial charge in [0.2, 0.25) is 0 Å². The number of nitrogens with one attached hydrogen (secondary N) is 1. The Bertz CT molecular complexity index is 740. The summed E-state index contributed by atoms with van der Waals surface area (Å²) in [6, 6.07) is 15.4. The summed E-state index contributed by atoms with van der Waals surface area (Å²) < 4.78 is 0. The lowest BCUT2D eigenvalue weighted by Gasteiger charge is -2.10. The van der Waals surface area contributed by atoms with Crippen molar-refractivity contribution in [2.45, 2.75) is 6.92 Å². The Hall–Kier alpha value is -2.13. The lowest BCUT2D eigenvalue weighted by atomic mass is 10.2. The van der Waals surface area contributed by atoms with Crippen molar-refractivity contribution in [3.63, 3.8) is 0 Å². The van der Waals surface area contributed by atoms with Gasteiger partial charge in [-0.2, -0.15) is 0 Å². The first-order chi connectivity index (χ1) is 9.24. The Morgan fingerprint density at radius 3 is 2.26 bits per heavy atom. The molecule has 0 unspecified atom stereocenters. The van der Waals surface area contributed by atoms with E-state index < -0.39 is 0 Å². The van der Waals surface area contributed by atoms with Crippen LogP contribution in [0.2, 0.25) is 5.02 Å². The van der Waals surface area contributed by atoms with Gasteiger partial charge in [-0.05, 0) is 31.2 Å². The van der Waals surface area contributed by atoms with Crippen molar-refractivity contribution in [3.05, 3.63) is 59.2 Å². The van der Waals surface area contributed by atoms with Crippen molar-refractivity contribution in [1.29, 1.82) is 0 Å². The zero-order valence-corrected chi connectivity index (χ0v) is 11.1. The maximum Gasteiger partial charge on any atom is 0.152 e. The van der Waals surface area contributed by atoms with Crippen molar-refractivity contribution < 1.29 is 0 Å². The van der Waals surface area contributed by atoms with E-state index in [1.165, 1.54) is 0 Å². The van der Waals surface area contributed by atoms with Crippen LogP contribution >= 0.6 is 11.6 Å². The van der Waals surface area contributed by atoms with Gasteiger partial charge in [0.25, 0.3) is 0 Å². The molecule has 0 bridgehead atoms. The fourth-order valence-corrected chi connectivity index (χ4v) is 2.08. The molecule has 0 atom stereocenters. The topological polar surface area (TPSA) is 37.8 Å². The Kier molecular flexibility index (Phi) is 3.05. The van der Waals surface area contributed by atoms with E-state index in [4.69, 9.17) is 11.6 Å². The maximum atomic E-state index is 6.13. The molecule has 19 heavy (non-hydrogen) atoms. The Morgan fingerprint density at radius 1 is 0.895 bits per heavy atom. The minimum Gasteiger partial charge on any atom is -0.337 e. The summed E-state index contributed by atoms with van der Waals surface area (Å²) in [5.74, 6) is 0.729. The highest BCUT2D eigenvalue weighted by molar-refractivity contribution is 6.33. The number of aromatic nitrogens is 2. The van der Waals surface area contributed by atoms with E-state index in [0.717, 1.165) is 28.2 Å². The summed E-state index contributed by atoms with van der Waals surface area (Å²) in [4.78, 5) is 9.11. The number of rotatable bonds is 2. The van der Waals surface area contributed by atoms with Crippen LogP contribution in [0.25, 0.3) is 11.0 Å². The molecule has 0 radical (unpaired) electrons. The van der Waals surface area contributed by atoms with Gasteiger partial charge in [0.15, 0.2) is 5.82 Å². The SMILES string of the molecule is Cc1nc2ccccc2nc1Nc1ccccc1Cl. The zero-order valence-electron chi connectivity index (χ0n) is 10.4. The van der Waals surface area contributed by atoms with Crippen molar-refractivity contribution in [3.8, 4) is 0 Å². The largest absolute Gasteiger partial charge is 0.337 e. The molecule has 94 valence electrons. The first-order valence-corrected chi connectivity index (χ1v) is 6.37. The molecule has 3 rings (SSSR count). The van der Waals surface area contributed by atoms with Crippen LogP contribution in [0.4, 0.5) is 11.5 Å². The predicted octanol–water partition coefficient (Wildman–Crippen LogP) is 4.34. The predicted molar refractivity (Wildman–Crippen MR) is 79.0 cm³/mol. The van der Waals surface area contributed by atoms with Gasteiger partial charge in [-0.25, -0.2) is 9.97 Å². The highest BCUT2D eigenvalue weighted by Gasteiger charge is 2.06. The van der Waals surface area contributed by atoms with Gasteiger partial charge in [0.1, 0.15) is 0 Å². The smallest absolute Gasteiger partial charge is 0.152 e. The number of fused-ring (bicyclic) bond motifs is 1. The van der Waals surface area contributed by atoms with Gasteiger partial charge < -0.3 is 5.32 Å². The molecule has 4 heteroatoms. The summed E-state index contributed by atoms with van der Waals surface area (Å²) in [7, 11) is 0. The van der Waals surface area contributed by atoms with Gasteiger partial charge in [0.05, 0.1) is 27.4 Å². The number of para-hydroxylation sites is 3. The third-order valence-electron chi connectivity index (χ3n) is 2.87. The quantitative estimate of drug-likeness (QED) is 0.752. The molecular formula is C15H12ClN3. The minimum atomic E-state index is 0.664. The highest BCUT2D eigenvalue weighted by Crippen LogP contribution is 2.26. The van der Waals surface area contributed by atoms with Crippen LogP contribution in [0.5, 0.6) is 0 Å². The molecule has 0 saturated heterocycles. The zero-order chi connectivity index (χ0) is 13.2. The monoisotopic (exact) mass is 269 g/mol. The van der Waals surface area contributed by atoms with Crippen LogP contribution < -0.4 is 5.32 Å². The normalized spacial score (nSPS) is 10.6. The van der Waals surface area contributed by atoms with Crippen molar-refractivity contribution in [2.75, 3.05) is 5.32 Å². The molecule has 0 aliphatic rings. The summed E-state index contributed by atoms with van der Waals surface area (Å²) >= 11 is 6.13. The summed E-state index contributed by atoms with van der Waals surface area (Å²) in [5, 5.41) is 3.89. The van der Waals surface area contributed by atoms with Gasteiger partial charge in [-0.15, -0.1) is 0 Å². The van der Waals surface area contributed by atoms with Crippen LogP contribution in [0.15, 0.2) is 48.5 Å². The minimum absolute atomic E-state index is 0.664. The van der Waals surface area contributed by atoms with Gasteiger partial charge in [-0.3, -0.25) is 0 Å². The molecule has 1 aromatic heterocycles. The second-order valence-corrected chi connectivity index (χ2v) is 4.66. The molecule has 0 aliphatic heterocycles. The van der Waals surface area contributed by atoms with E-state index in [0.29, 0.717) is 5.02 Å². The molecule has 0 aliphatic carbocycles. The third kappa shape index (κ3) is 2.37. The molecule has 0 saturated carbocycles. The average molecular weight is 270 g/mol. The second kappa shape index (κ2) is 4.86. The number of nitrogens with zero attached hydrogens (tertiary/aromatic N) is 2. The molecule has 3 nitrogen and oxygen atoms in total. The average Bonchev–Trinajstić information content (AvgIpc) is 2.42. The van der Waals surface area contributed by atoms with E-state index >= 15 is 0 Å². The fraction of sp³-hybridized carbons (Fsp3) is 0.0667. The van der Waals surface area contributed by atoms with E-state index in [1.54, 1.807) is 0 Å². The molecule has 0 spiro atoms.